The highest BCUT2D eigenvalue weighted by atomic mass is 35.5. The third kappa shape index (κ3) is 5.13. The number of ether oxygens (including phenoxy) is 1. The van der Waals surface area contributed by atoms with Crippen molar-refractivity contribution in [2.24, 2.45) is 0 Å². The molecule has 1 atom stereocenters. The van der Waals surface area contributed by atoms with Gasteiger partial charge < -0.3 is 15.4 Å². The fraction of sp³-hybridized carbons (Fsp3) is 0.263. The first-order valence-electron chi connectivity index (χ1n) is 7.99. The monoisotopic (exact) mass is 394 g/mol. The van der Waals surface area contributed by atoms with Crippen molar-refractivity contribution in [3.05, 3.63) is 63.1 Å². The van der Waals surface area contributed by atoms with E-state index in [1.165, 1.54) is 12.1 Å². The number of rotatable bonds is 6. The average Bonchev–Trinajstić information content (AvgIpc) is 2.59. The lowest BCUT2D eigenvalue weighted by Gasteiger charge is -2.18. The van der Waals surface area contributed by atoms with Gasteiger partial charge in [-0.15, -0.1) is 0 Å². The Bertz CT molecular complexity index is 824. The van der Waals surface area contributed by atoms with Gasteiger partial charge in [0.25, 0.3) is 5.91 Å². The van der Waals surface area contributed by atoms with Crippen LogP contribution in [-0.4, -0.2) is 25.5 Å². The molecular formula is C19H20Cl2N2O3. The van der Waals surface area contributed by atoms with E-state index in [1.54, 1.807) is 13.2 Å². The second-order valence-electron chi connectivity index (χ2n) is 5.84. The van der Waals surface area contributed by atoms with Gasteiger partial charge in [0.2, 0.25) is 5.91 Å². The molecule has 0 bridgehead atoms. The van der Waals surface area contributed by atoms with Gasteiger partial charge in [-0.05, 0) is 38.1 Å². The molecule has 0 saturated carbocycles. The summed E-state index contributed by atoms with van der Waals surface area (Å²) < 4.78 is 5.34. The van der Waals surface area contributed by atoms with Crippen LogP contribution in [0.15, 0.2) is 36.4 Å². The van der Waals surface area contributed by atoms with Crippen molar-refractivity contribution in [1.82, 2.24) is 10.6 Å². The topological polar surface area (TPSA) is 67.4 Å². The standard InChI is InChI=1S/C19H20Cl2N2O3/c1-11-4-7-17(26-3)15(8-11)12(2)23-18(24)10-22-19(25)14-6-5-13(20)9-16(14)21/h4-9,12H,10H2,1-3H3,(H,22,25)(H,23,24)/t12-/m1/s1. The molecule has 0 aliphatic carbocycles. The van der Waals surface area contributed by atoms with E-state index in [0.717, 1.165) is 11.1 Å². The molecule has 0 radical (unpaired) electrons. The molecule has 138 valence electrons. The number of amides is 2. The van der Waals surface area contributed by atoms with Crippen molar-refractivity contribution >= 4 is 35.0 Å². The molecule has 2 rings (SSSR count). The van der Waals surface area contributed by atoms with E-state index in [0.29, 0.717) is 10.8 Å². The normalized spacial score (nSPS) is 11.6. The summed E-state index contributed by atoms with van der Waals surface area (Å²) in [6.07, 6.45) is 0. The van der Waals surface area contributed by atoms with Gasteiger partial charge in [-0.1, -0.05) is 40.9 Å². The van der Waals surface area contributed by atoms with Gasteiger partial charge in [0, 0.05) is 10.6 Å². The van der Waals surface area contributed by atoms with E-state index in [-0.39, 0.29) is 29.1 Å². The second kappa shape index (κ2) is 8.92. The van der Waals surface area contributed by atoms with Gasteiger partial charge in [0.05, 0.1) is 30.3 Å². The molecular weight excluding hydrogens is 375 g/mol. The van der Waals surface area contributed by atoms with Crippen molar-refractivity contribution in [2.75, 3.05) is 13.7 Å². The first kappa shape index (κ1) is 20.1. The highest BCUT2D eigenvalue weighted by molar-refractivity contribution is 6.36. The largest absolute Gasteiger partial charge is 0.496 e. The third-order valence-electron chi connectivity index (χ3n) is 3.81. The smallest absolute Gasteiger partial charge is 0.253 e. The first-order chi connectivity index (χ1) is 12.3. The quantitative estimate of drug-likeness (QED) is 0.779. The predicted octanol–water partition coefficient (Wildman–Crippen LogP) is 3.92. The third-order valence-corrected chi connectivity index (χ3v) is 4.36. The van der Waals surface area contributed by atoms with E-state index in [2.05, 4.69) is 10.6 Å². The molecule has 0 fully saturated rings. The van der Waals surface area contributed by atoms with Gasteiger partial charge in [0.1, 0.15) is 5.75 Å². The summed E-state index contributed by atoms with van der Waals surface area (Å²) in [5.41, 5.74) is 2.19. The summed E-state index contributed by atoms with van der Waals surface area (Å²) in [6, 6.07) is 10.0. The lowest BCUT2D eigenvalue weighted by molar-refractivity contribution is -0.120. The maximum absolute atomic E-state index is 12.2. The van der Waals surface area contributed by atoms with Crippen molar-refractivity contribution in [1.29, 1.82) is 0 Å². The summed E-state index contributed by atoms with van der Waals surface area (Å²) in [7, 11) is 1.58. The Balaban J connectivity index is 1.96. The van der Waals surface area contributed by atoms with Crippen LogP contribution in [0, 0.1) is 6.92 Å². The number of nitrogens with one attached hydrogen (secondary N) is 2. The van der Waals surface area contributed by atoms with Crippen molar-refractivity contribution in [3.63, 3.8) is 0 Å². The molecule has 26 heavy (non-hydrogen) atoms. The van der Waals surface area contributed by atoms with Gasteiger partial charge in [0.15, 0.2) is 0 Å². The maximum Gasteiger partial charge on any atom is 0.253 e. The van der Waals surface area contributed by atoms with Crippen molar-refractivity contribution < 1.29 is 14.3 Å². The number of hydrogen-bond acceptors (Lipinski definition) is 3. The maximum atomic E-state index is 12.2. The van der Waals surface area contributed by atoms with Crippen LogP contribution in [0.1, 0.15) is 34.5 Å². The van der Waals surface area contributed by atoms with E-state index in [9.17, 15) is 9.59 Å². The number of methoxy groups -OCH3 is 1. The molecule has 0 aliphatic rings. The van der Waals surface area contributed by atoms with Gasteiger partial charge in [-0.3, -0.25) is 9.59 Å². The highest BCUT2D eigenvalue weighted by Gasteiger charge is 2.16. The van der Waals surface area contributed by atoms with Crippen molar-refractivity contribution in [2.45, 2.75) is 19.9 Å². The molecule has 0 unspecified atom stereocenters. The molecule has 0 saturated heterocycles. The molecule has 0 aliphatic heterocycles. The molecule has 2 N–H and O–H groups in total. The summed E-state index contributed by atoms with van der Waals surface area (Å²) >= 11 is 11.8. The number of halogens is 2. The zero-order valence-electron chi connectivity index (χ0n) is 14.7. The Labute approximate surface area is 162 Å². The number of aryl methyl sites for hydroxylation is 1. The molecule has 5 nitrogen and oxygen atoms in total. The minimum atomic E-state index is -0.442. The zero-order chi connectivity index (χ0) is 19.3. The summed E-state index contributed by atoms with van der Waals surface area (Å²) in [5.74, 6) is -0.0671. The number of benzene rings is 2. The number of carbonyl (C=O) groups is 2. The molecule has 0 aromatic heterocycles. The minimum absolute atomic E-state index is 0.170. The number of hydrogen-bond donors (Lipinski definition) is 2. The molecule has 2 amide bonds. The number of carbonyl (C=O) groups excluding carboxylic acids is 2. The van der Waals surface area contributed by atoms with E-state index in [1.807, 2.05) is 32.0 Å². The van der Waals surface area contributed by atoms with Crippen LogP contribution in [-0.2, 0) is 4.79 Å². The Morgan fingerprint density at radius 1 is 1.15 bits per heavy atom. The molecule has 0 spiro atoms. The van der Waals surface area contributed by atoms with Gasteiger partial charge in [-0.2, -0.15) is 0 Å². The highest BCUT2D eigenvalue weighted by Crippen LogP contribution is 2.26. The average molecular weight is 395 g/mol. The molecule has 0 heterocycles. The van der Waals surface area contributed by atoms with Crippen LogP contribution < -0.4 is 15.4 Å². The summed E-state index contributed by atoms with van der Waals surface area (Å²) in [5, 5.41) is 6.05. The van der Waals surface area contributed by atoms with Crippen molar-refractivity contribution in [3.8, 4) is 5.75 Å². The van der Waals surface area contributed by atoms with Gasteiger partial charge >= 0.3 is 0 Å². The van der Waals surface area contributed by atoms with E-state index >= 15 is 0 Å². The Morgan fingerprint density at radius 2 is 1.88 bits per heavy atom. The molecule has 2 aromatic carbocycles. The van der Waals surface area contributed by atoms with E-state index in [4.69, 9.17) is 27.9 Å². The van der Waals surface area contributed by atoms with Crippen LogP contribution in [0.3, 0.4) is 0 Å². The SMILES string of the molecule is COc1ccc(C)cc1[C@@H](C)NC(=O)CNC(=O)c1ccc(Cl)cc1Cl. The Kier molecular flexibility index (Phi) is 6.89. The molecule has 7 heteroatoms. The fourth-order valence-electron chi connectivity index (χ4n) is 2.49. The summed E-state index contributed by atoms with van der Waals surface area (Å²) in [4.78, 5) is 24.3. The van der Waals surface area contributed by atoms with E-state index < -0.39 is 5.91 Å². The van der Waals surface area contributed by atoms with Crippen LogP contribution in [0.4, 0.5) is 0 Å². The lowest BCUT2D eigenvalue weighted by atomic mass is 10.0. The van der Waals surface area contributed by atoms with Gasteiger partial charge in [-0.25, -0.2) is 0 Å². The predicted molar refractivity (Wildman–Crippen MR) is 103 cm³/mol. The van der Waals surface area contributed by atoms with Crippen LogP contribution in [0.25, 0.3) is 0 Å². The summed E-state index contributed by atoms with van der Waals surface area (Å²) in [6.45, 7) is 3.65. The van der Waals surface area contributed by atoms with Crippen LogP contribution in [0.2, 0.25) is 10.0 Å². The molecule has 2 aromatic rings. The fourth-order valence-corrected chi connectivity index (χ4v) is 2.99. The zero-order valence-corrected chi connectivity index (χ0v) is 16.2. The Morgan fingerprint density at radius 3 is 2.54 bits per heavy atom. The minimum Gasteiger partial charge on any atom is -0.496 e. The first-order valence-corrected chi connectivity index (χ1v) is 8.74. The lowest BCUT2D eigenvalue weighted by Crippen LogP contribution is -2.38. The van der Waals surface area contributed by atoms with Crippen LogP contribution >= 0.6 is 23.2 Å². The second-order valence-corrected chi connectivity index (χ2v) is 6.69. The Hall–Kier alpha value is -2.24. The van der Waals surface area contributed by atoms with Crippen LogP contribution in [0.5, 0.6) is 5.75 Å².